The van der Waals surface area contributed by atoms with Crippen LogP contribution in [0.2, 0.25) is 0 Å². The van der Waals surface area contributed by atoms with Gasteiger partial charge in [0.1, 0.15) is 0 Å². The standard InChI is InChI=1S/C12H18BrNOS/c1-2-10(11-6-5-9-16-11)14-12(15)7-3-4-8-13/h5-6,9-10H,2-4,7-8H2,1H3,(H,14,15). The van der Waals surface area contributed by atoms with Crippen molar-refractivity contribution in [1.29, 1.82) is 0 Å². The van der Waals surface area contributed by atoms with Crippen LogP contribution in [-0.2, 0) is 4.79 Å². The molecule has 1 aromatic rings. The first-order valence-electron chi connectivity index (χ1n) is 5.66. The highest BCUT2D eigenvalue weighted by Crippen LogP contribution is 2.21. The summed E-state index contributed by atoms with van der Waals surface area (Å²) in [4.78, 5) is 12.9. The van der Waals surface area contributed by atoms with E-state index in [1.807, 2.05) is 6.07 Å². The molecular formula is C12H18BrNOS. The lowest BCUT2D eigenvalue weighted by molar-refractivity contribution is -0.121. The van der Waals surface area contributed by atoms with Gasteiger partial charge in [-0.25, -0.2) is 0 Å². The van der Waals surface area contributed by atoms with Crippen molar-refractivity contribution in [3.63, 3.8) is 0 Å². The molecule has 0 fully saturated rings. The van der Waals surface area contributed by atoms with Gasteiger partial charge in [0, 0.05) is 16.6 Å². The van der Waals surface area contributed by atoms with E-state index in [2.05, 4.69) is 39.6 Å². The van der Waals surface area contributed by atoms with Crippen LogP contribution < -0.4 is 5.32 Å². The van der Waals surface area contributed by atoms with Crippen LogP contribution in [0.1, 0.15) is 43.5 Å². The van der Waals surface area contributed by atoms with Gasteiger partial charge in [0.15, 0.2) is 0 Å². The van der Waals surface area contributed by atoms with Crippen molar-refractivity contribution in [2.75, 3.05) is 5.33 Å². The zero-order valence-electron chi connectivity index (χ0n) is 9.54. The fourth-order valence-corrected chi connectivity index (χ4v) is 2.77. The molecule has 0 aromatic carbocycles. The highest BCUT2D eigenvalue weighted by atomic mass is 79.9. The summed E-state index contributed by atoms with van der Waals surface area (Å²) in [5.41, 5.74) is 0. The predicted octanol–water partition coefficient (Wildman–Crippen LogP) is 3.88. The third-order valence-electron chi connectivity index (χ3n) is 2.42. The van der Waals surface area contributed by atoms with E-state index in [1.165, 1.54) is 4.88 Å². The molecule has 1 amide bonds. The summed E-state index contributed by atoms with van der Waals surface area (Å²) in [6.45, 7) is 2.10. The molecule has 2 nitrogen and oxygen atoms in total. The van der Waals surface area contributed by atoms with E-state index in [0.717, 1.165) is 24.6 Å². The Kier molecular flexibility index (Phi) is 6.73. The van der Waals surface area contributed by atoms with Gasteiger partial charge in [-0.05, 0) is 30.7 Å². The van der Waals surface area contributed by atoms with E-state index in [1.54, 1.807) is 11.3 Å². The minimum Gasteiger partial charge on any atom is -0.348 e. The Morgan fingerprint density at radius 3 is 2.94 bits per heavy atom. The Bertz CT molecular complexity index is 300. The Labute approximate surface area is 110 Å². The first kappa shape index (κ1) is 13.7. The van der Waals surface area contributed by atoms with Crippen LogP contribution in [0.5, 0.6) is 0 Å². The van der Waals surface area contributed by atoms with Crippen molar-refractivity contribution < 1.29 is 4.79 Å². The maximum absolute atomic E-state index is 11.7. The summed E-state index contributed by atoms with van der Waals surface area (Å²) in [5.74, 6) is 0.168. The van der Waals surface area contributed by atoms with Crippen molar-refractivity contribution in [3.05, 3.63) is 22.4 Å². The Morgan fingerprint density at radius 2 is 2.38 bits per heavy atom. The number of carbonyl (C=O) groups excluding carboxylic acids is 1. The Hall–Kier alpha value is -0.350. The average Bonchev–Trinajstić information content (AvgIpc) is 2.79. The molecule has 0 aliphatic carbocycles. The van der Waals surface area contributed by atoms with Crippen LogP contribution in [0.4, 0.5) is 0 Å². The smallest absolute Gasteiger partial charge is 0.220 e. The van der Waals surface area contributed by atoms with Crippen molar-refractivity contribution >= 4 is 33.2 Å². The molecule has 0 bridgehead atoms. The fourth-order valence-electron chi connectivity index (χ4n) is 1.51. The summed E-state index contributed by atoms with van der Waals surface area (Å²) in [7, 11) is 0. The first-order chi connectivity index (χ1) is 7.77. The van der Waals surface area contributed by atoms with Crippen LogP contribution in [-0.4, -0.2) is 11.2 Å². The van der Waals surface area contributed by atoms with Gasteiger partial charge in [0.25, 0.3) is 0 Å². The number of alkyl halides is 1. The summed E-state index contributed by atoms with van der Waals surface area (Å²) in [6, 6.07) is 4.30. The molecular weight excluding hydrogens is 286 g/mol. The van der Waals surface area contributed by atoms with Crippen LogP contribution in [0, 0.1) is 0 Å². The number of hydrogen-bond acceptors (Lipinski definition) is 2. The van der Waals surface area contributed by atoms with Crippen molar-refractivity contribution in [1.82, 2.24) is 5.32 Å². The molecule has 16 heavy (non-hydrogen) atoms. The molecule has 1 atom stereocenters. The summed E-state index contributed by atoms with van der Waals surface area (Å²) >= 11 is 5.07. The zero-order chi connectivity index (χ0) is 11.8. The van der Waals surface area contributed by atoms with Crippen LogP contribution in [0.3, 0.4) is 0 Å². The molecule has 1 rings (SSSR count). The maximum atomic E-state index is 11.7. The zero-order valence-corrected chi connectivity index (χ0v) is 11.9. The van der Waals surface area contributed by atoms with E-state index in [-0.39, 0.29) is 11.9 Å². The van der Waals surface area contributed by atoms with Crippen molar-refractivity contribution in [2.24, 2.45) is 0 Å². The lowest BCUT2D eigenvalue weighted by Crippen LogP contribution is -2.27. The van der Waals surface area contributed by atoms with Crippen molar-refractivity contribution in [3.8, 4) is 0 Å². The number of hydrogen-bond donors (Lipinski definition) is 1. The Balaban J connectivity index is 2.36. The van der Waals surface area contributed by atoms with E-state index >= 15 is 0 Å². The lowest BCUT2D eigenvalue weighted by atomic mass is 10.1. The second-order valence-electron chi connectivity index (χ2n) is 3.69. The highest BCUT2D eigenvalue weighted by Gasteiger charge is 2.12. The molecule has 0 saturated carbocycles. The van der Waals surface area contributed by atoms with Crippen LogP contribution in [0.15, 0.2) is 17.5 Å². The van der Waals surface area contributed by atoms with Gasteiger partial charge in [0.05, 0.1) is 6.04 Å². The predicted molar refractivity (Wildman–Crippen MR) is 73.1 cm³/mol. The minimum absolute atomic E-state index is 0.168. The topological polar surface area (TPSA) is 29.1 Å². The number of thiophene rings is 1. The molecule has 1 N–H and O–H groups in total. The lowest BCUT2D eigenvalue weighted by Gasteiger charge is -2.15. The molecule has 1 unspecified atom stereocenters. The number of nitrogens with one attached hydrogen (secondary N) is 1. The quantitative estimate of drug-likeness (QED) is 0.601. The van der Waals surface area contributed by atoms with E-state index in [9.17, 15) is 4.79 Å². The van der Waals surface area contributed by atoms with Gasteiger partial charge in [0.2, 0.25) is 5.91 Å². The SMILES string of the molecule is CCC(NC(=O)CCCCBr)c1cccs1. The number of carbonyl (C=O) groups is 1. The fraction of sp³-hybridized carbons (Fsp3) is 0.583. The molecule has 0 saturated heterocycles. The normalized spacial score (nSPS) is 12.4. The second kappa shape index (κ2) is 7.85. The minimum atomic E-state index is 0.168. The van der Waals surface area contributed by atoms with Gasteiger partial charge < -0.3 is 5.32 Å². The molecule has 0 aliphatic heterocycles. The van der Waals surface area contributed by atoms with E-state index in [4.69, 9.17) is 0 Å². The molecule has 1 heterocycles. The monoisotopic (exact) mass is 303 g/mol. The van der Waals surface area contributed by atoms with E-state index < -0.39 is 0 Å². The average molecular weight is 304 g/mol. The van der Waals surface area contributed by atoms with Gasteiger partial charge in [-0.1, -0.05) is 28.9 Å². The van der Waals surface area contributed by atoms with Gasteiger partial charge >= 0.3 is 0 Å². The van der Waals surface area contributed by atoms with Crippen molar-refractivity contribution in [2.45, 2.75) is 38.6 Å². The summed E-state index contributed by atoms with van der Waals surface area (Å²) in [5, 5.41) is 6.11. The Morgan fingerprint density at radius 1 is 1.56 bits per heavy atom. The molecule has 90 valence electrons. The van der Waals surface area contributed by atoms with Crippen LogP contribution >= 0.6 is 27.3 Å². The second-order valence-corrected chi connectivity index (χ2v) is 5.46. The third-order valence-corrected chi connectivity index (χ3v) is 3.96. The van der Waals surface area contributed by atoms with Gasteiger partial charge in [-0.2, -0.15) is 0 Å². The molecule has 0 radical (unpaired) electrons. The molecule has 0 aliphatic rings. The van der Waals surface area contributed by atoms with Crippen LogP contribution in [0.25, 0.3) is 0 Å². The van der Waals surface area contributed by atoms with Gasteiger partial charge in [-0.15, -0.1) is 11.3 Å². The maximum Gasteiger partial charge on any atom is 0.220 e. The third kappa shape index (κ3) is 4.66. The summed E-state index contributed by atoms with van der Waals surface area (Å²) < 4.78 is 0. The number of unbranched alkanes of at least 4 members (excludes halogenated alkanes) is 1. The van der Waals surface area contributed by atoms with Gasteiger partial charge in [-0.3, -0.25) is 4.79 Å². The highest BCUT2D eigenvalue weighted by molar-refractivity contribution is 9.09. The number of rotatable bonds is 7. The molecule has 4 heteroatoms. The largest absolute Gasteiger partial charge is 0.348 e. The molecule has 0 spiro atoms. The number of halogens is 1. The summed E-state index contributed by atoms with van der Waals surface area (Å²) in [6.07, 6.45) is 3.60. The van der Waals surface area contributed by atoms with E-state index in [0.29, 0.717) is 6.42 Å². The first-order valence-corrected chi connectivity index (χ1v) is 7.66. The molecule has 1 aromatic heterocycles. The number of amides is 1.